The van der Waals surface area contributed by atoms with Gasteiger partial charge in [-0.25, -0.2) is 9.97 Å². The number of hydrogen-bond donors (Lipinski definition) is 1. The smallest absolute Gasteiger partial charge is 0.177 e. The average molecular weight is 216 g/mol. The molecule has 2 aromatic rings. The van der Waals surface area contributed by atoms with E-state index in [1.54, 1.807) is 6.20 Å². The fraction of sp³-hybridized carbons (Fsp3) is 0.500. The van der Waals surface area contributed by atoms with Crippen molar-refractivity contribution in [2.24, 2.45) is 18.7 Å². The number of fused-ring (bicyclic) bond motifs is 1. The van der Waals surface area contributed by atoms with E-state index in [1.807, 2.05) is 19.2 Å². The minimum absolute atomic E-state index is 0.260. The fourth-order valence-electron chi connectivity index (χ4n) is 2.16. The molecular formula is C12H16N4. The highest BCUT2D eigenvalue weighted by atomic mass is 15.1. The van der Waals surface area contributed by atoms with Crippen molar-refractivity contribution in [1.29, 1.82) is 0 Å². The van der Waals surface area contributed by atoms with E-state index in [-0.39, 0.29) is 6.04 Å². The van der Waals surface area contributed by atoms with Gasteiger partial charge >= 0.3 is 0 Å². The number of aromatic nitrogens is 3. The number of hydrogen-bond acceptors (Lipinski definition) is 3. The Kier molecular flexibility index (Phi) is 2.17. The van der Waals surface area contributed by atoms with Crippen LogP contribution in [-0.2, 0) is 13.5 Å². The monoisotopic (exact) mass is 216 g/mol. The van der Waals surface area contributed by atoms with Gasteiger partial charge in [-0.2, -0.15) is 0 Å². The quantitative estimate of drug-likeness (QED) is 0.840. The summed E-state index contributed by atoms with van der Waals surface area (Å²) in [5.74, 6) is 1.76. The number of rotatable bonds is 3. The maximum atomic E-state index is 6.13. The molecule has 2 heterocycles. The Bertz CT molecular complexity index is 513. The van der Waals surface area contributed by atoms with E-state index in [0.717, 1.165) is 23.4 Å². The SMILES string of the molecule is Cn1c(CC(N)C2CC2)nc2ncccc21. The lowest BCUT2D eigenvalue weighted by molar-refractivity contribution is 0.566. The third kappa shape index (κ3) is 1.59. The molecule has 16 heavy (non-hydrogen) atoms. The Labute approximate surface area is 94.5 Å². The van der Waals surface area contributed by atoms with E-state index in [1.165, 1.54) is 12.8 Å². The van der Waals surface area contributed by atoms with Crippen LogP contribution in [0.5, 0.6) is 0 Å². The molecule has 0 saturated heterocycles. The van der Waals surface area contributed by atoms with Gasteiger partial charge in [0.05, 0.1) is 5.52 Å². The minimum atomic E-state index is 0.260. The molecular weight excluding hydrogens is 200 g/mol. The summed E-state index contributed by atoms with van der Waals surface area (Å²) in [6, 6.07) is 4.24. The molecule has 0 amide bonds. The lowest BCUT2D eigenvalue weighted by Crippen LogP contribution is -2.26. The summed E-state index contributed by atoms with van der Waals surface area (Å²) in [4.78, 5) is 8.79. The summed E-state index contributed by atoms with van der Waals surface area (Å²) in [5, 5.41) is 0. The van der Waals surface area contributed by atoms with Crippen molar-refractivity contribution >= 4 is 11.2 Å². The van der Waals surface area contributed by atoms with Gasteiger partial charge < -0.3 is 10.3 Å². The third-order valence-electron chi connectivity index (χ3n) is 3.40. The van der Waals surface area contributed by atoms with Gasteiger partial charge in [0.2, 0.25) is 0 Å². The molecule has 1 aliphatic rings. The Morgan fingerprint density at radius 2 is 2.38 bits per heavy atom. The van der Waals surface area contributed by atoms with Gasteiger partial charge in [-0.3, -0.25) is 0 Å². The number of pyridine rings is 1. The van der Waals surface area contributed by atoms with E-state index in [0.29, 0.717) is 5.92 Å². The molecule has 0 bridgehead atoms. The van der Waals surface area contributed by atoms with Crippen LogP contribution in [0, 0.1) is 5.92 Å². The molecule has 0 spiro atoms. The van der Waals surface area contributed by atoms with Gasteiger partial charge in [-0.1, -0.05) is 0 Å². The van der Waals surface area contributed by atoms with Crippen LogP contribution in [0.15, 0.2) is 18.3 Å². The number of imidazole rings is 1. The Hall–Kier alpha value is -1.42. The second kappa shape index (κ2) is 3.56. The molecule has 4 heteroatoms. The second-order valence-electron chi connectivity index (χ2n) is 4.64. The van der Waals surface area contributed by atoms with Crippen LogP contribution in [0.25, 0.3) is 11.2 Å². The van der Waals surface area contributed by atoms with Crippen molar-refractivity contribution in [3.05, 3.63) is 24.2 Å². The van der Waals surface area contributed by atoms with Gasteiger partial charge in [-0.15, -0.1) is 0 Å². The molecule has 1 atom stereocenters. The molecule has 1 aliphatic carbocycles. The topological polar surface area (TPSA) is 56.7 Å². The summed E-state index contributed by atoms with van der Waals surface area (Å²) in [6.45, 7) is 0. The van der Waals surface area contributed by atoms with Gasteiger partial charge in [0.15, 0.2) is 5.65 Å². The summed E-state index contributed by atoms with van der Waals surface area (Å²) in [5.41, 5.74) is 8.03. The van der Waals surface area contributed by atoms with Gasteiger partial charge in [-0.05, 0) is 30.9 Å². The van der Waals surface area contributed by atoms with Crippen LogP contribution < -0.4 is 5.73 Å². The van der Waals surface area contributed by atoms with Crippen LogP contribution in [0.1, 0.15) is 18.7 Å². The highest BCUT2D eigenvalue weighted by molar-refractivity contribution is 5.71. The number of aryl methyl sites for hydroxylation is 1. The Balaban J connectivity index is 1.93. The Morgan fingerprint density at radius 3 is 3.06 bits per heavy atom. The first-order chi connectivity index (χ1) is 7.75. The lowest BCUT2D eigenvalue weighted by atomic mass is 10.1. The van der Waals surface area contributed by atoms with E-state index < -0.39 is 0 Å². The van der Waals surface area contributed by atoms with Crippen LogP contribution in [0.4, 0.5) is 0 Å². The molecule has 1 saturated carbocycles. The van der Waals surface area contributed by atoms with Crippen molar-refractivity contribution < 1.29 is 0 Å². The third-order valence-corrected chi connectivity index (χ3v) is 3.40. The van der Waals surface area contributed by atoms with Crippen molar-refractivity contribution in [2.75, 3.05) is 0 Å². The van der Waals surface area contributed by atoms with Crippen molar-refractivity contribution in [2.45, 2.75) is 25.3 Å². The van der Waals surface area contributed by atoms with Gasteiger partial charge in [0, 0.05) is 25.7 Å². The molecule has 1 fully saturated rings. The summed E-state index contributed by atoms with van der Waals surface area (Å²) < 4.78 is 2.10. The van der Waals surface area contributed by atoms with Crippen molar-refractivity contribution in [1.82, 2.24) is 14.5 Å². The van der Waals surface area contributed by atoms with E-state index in [4.69, 9.17) is 5.73 Å². The molecule has 2 aromatic heterocycles. The first-order valence-electron chi connectivity index (χ1n) is 5.77. The maximum absolute atomic E-state index is 6.13. The molecule has 0 radical (unpaired) electrons. The minimum Gasteiger partial charge on any atom is -0.330 e. The maximum Gasteiger partial charge on any atom is 0.177 e. The first kappa shape index (κ1) is 9.78. The standard InChI is InChI=1S/C12H16N4/c1-16-10-3-2-6-14-12(10)15-11(16)7-9(13)8-4-5-8/h2-3,6,8-9H,4-5,7,13H2,1H3. The van der Waals surface area contributed by atoms with Crippen LogP contribution in [0.3, 0.4) is 0 Å². The molecule has 2 N–H and O–H groups in total. The zero-order valence-electron chi connectivity index (χ0n) is 9.43. The molecule has 1 unspecified atom stereocenters. The second-order valence-corrected chi connectivity index (χ2v) is 4.64. The zero-order chi connectivity index (χ0) is 11.1. The molecule has 0 aliphatic heterocycles. The van der Waals surface area contributed by atoms with E-state index in [2.05, 4.69) is 14.5 Å². The highest BCUT2D eigenvalue weighted by Crippen LogP contribution is 2.32. The van der Waals surface area contributed by atoms with Gasteiger partial charge in [0.1, 0.15) is 5.82 Å². The predicted octanol–water partition coefficient (Wildman–Crippen LogP) is 1.25. The molecule has 3 rings (SSSR count). The summed E-state index contributed by atoms with van der Waals surface area (Å²) in [6.07, 6.45) is 5.20. The highest BCUT2D eigenvalue weighted by Gasteiger charge is 2.29. The zero-order valence-corrected chi connectivity index (χ0v) is 9.43. The van der Waals surface area contributed by atoms with E-state index >= 15 is 0 Å². The normalized spacial score (nSPS) is 17.9. The summed E-state index contributed by atoms with van der Waals surface area (Å²) >= 11 is 0. The Morgan fingerprint density at radius 1 is 1.56 bits per heavy atom. The first-order valence-corrected chi connectivity index (χ1v) is 5.77. The van der Waals surface area contributed by atoms with Crippen LogP contribution in [0.2, 0.25) is 0 Å². The number of nitrogens with zero attached hydrogens (tertiary/aromatic N) is 3. The largest absolute Gasteiger partial charge is 0.330 e. The van der Waals surface area contributed by atoms with Gasteiger partial charge in [0.25, 0.3) is 0 Å². The summed E-state index contributed by atoms with van der Waals surface area (Å²) in [7, 11) is 2.03. The van der Waals surface area contributed by atoms with Crippen LogP contribution >= 0.6 is 0 Å². The lowest BCUT2D eigenvalue weighted by Gasteiger charge is -2.09. The molecule has 4 nitrogen and oxygen atoms in total. The fourth-order valence-corrected chi connectivity index (χ4v) is 2.16. The van der Waals surface area contributed by atoms with Crippen LogP contribution in [-0.4, -0.2) is 20.6 Å². The predicted molar refractivity (Wildman–Crippen MR) is 62.9 cm³/mol. The van der Waals surface area contributed by atoms with E-state index in [9.17, 15) is 0 Å². The molecule has 0 aromatic carbocycles. The van der Waals surface area contributed by atoms with Crippen molar-refractivity contribution in [3.63, 3.8) is 0 Å². The molecule has 84 valence electrons. The number of nitrogens with two attached hydrogens (primary N) is 1. The van der Waals surface area contributed by atoms with Crippen molar-refractivity contribution in [3.8, 4) is 0 Å². The average Bonchev–Trinajstić information content (AvgIpc) is 3.08.